The summed E-state index contributed by atoms with van der Waals surface area (Å²) in [5.41, 5.74) is 1.62. The van der Waals surface area contributed by atoms with Crippen LogP contribution in [0, 0.1) is 23.1 Å². The van der Waals surface area contributed by atoms with Gasteiger partial charge in [0.15, 0.2) is 0 Å². The summed E-state index contributed by atoms with van der Waals surface area (Å²) in [4.78, 5) is 29.0. The number of benzene rings is 2. The highest BCUT2D eigenvalue weighted by Gasteiger charge is 2.24. The predicted octanol–water partition coefficient (Wildman–Crippen LogP) is 5.65. The first-order chi connectivity index (χ1) is 21.9. The first-order valence-electron chi connectivity index (χ1n) is 14.8. The third kappa shape index (κ3) is 6.57. The molecule has 0 bridgehead atoms. The molecule has 1 atom stereocenters. The van der Waals surface area contributed by atoms with E-state index in [9.17, 15) is 10.1 Å². The van der Waals surface area contributed by atoms with Gasteiger partial charge in [-0.1, -0.05) is 6.58 Å². The van der Waals surface area contributed by atoms with E-state index < -0.39 is 5.82 Å². The largest absolute Gasteiger partial charge is 0.495 e. The van der Waals surface area contributed by atoms with Crippen molar-refractivity contribution >= 4 is 39.8 Å². The molecule has 0 saturated carbocycles. The van der Waals surface area contributed by atoms with Crippen LogP contribution >= 0.6 is 0 Å². The van der Waals surface area contributed by atoms with Gasteiger partial charge in [-0.3, -0.25) is 4.79 Å². The lowest BCUT2D eigenvalue weighted by atomic mass is 10.0. The van der Waals surface area contributed by atoms with Gasteiger partial charge in [-0.25, -0.2) is 19.3 Å². The number of hydrogen-bond donors (Lipinski definition) is 2. The second kappa shape index (κ2) is 13.1. The zero-order valence-corrected chi connectivity index (χ0v) is 24.9. The van der Waals surface area contributed by atoms with Crippen molar-refractivity contribution < 1.29 is 18.7 Å². The Morgan fingerprint density at radius 2 is 1.89 bits per heavy atom. The molecule has 11 nitrogen and oxygen atoms in total. The lowest BCUT2D eigenvalue weighted by Crippen LogP contribution is -2.41. The minimum Gasteiger partial charge on any atom is -0.495 e. The van der Waals surface area contributed by atoms with Crippen LogP contribution in [0.1, 0.15) is 19.3 Å². The molecule has 12 heteroatoms. The van der Waals surface area contributed by atoms with Crippen LogP contribution in [0.5, 0.6) is 17.2 Å². The molecule has 230 valence electrons. The fourth-order valence-electron chi connectivity index (χ4n) is 5.69. The molecule has 2 aromatic heterocycles. The fourth-order valence-corrected chi connectivity index (χ4v) is 5.69. The number of fused-ring (bicyclic) bond motifs is 1. The fraction of sp³-hybridized carbons (Fsp3) is 0.303. The standard InChI is InChI=1S/C33H33FN8O3/c1-3-32(43)41-12-8-22(9-13-41)39-29-16-25-28(17-30(29)44-2)37-20-38-33(25)40-27-5-4-23(14-26(27)34)45-24-6-10-36-31(15-24)42-11-7-21(18-35)19-42/h3-6,10,14-17,20-22,39H,1,7-9,11-13,19H2,2H3,(H,37,38,40)/t21-/m0/s1. The van der Waals surface area contributed by atoms with Crippen LogP contribution in [0.4, 0.5) is 27.4 Å². The van der Waals surface area contributed by atoms with Crippen molar-refractivity contribution in [3.05, 3.63) is 73.5 Å². The van der Waals surface area contributed by atoms with Gasteiger partial charge in [0.25, 0.3) is 0 Å². The number of nitrogens with zero attached hydrogens (tertiary/aromatic N) is 6. The van der Waals surface area contributed by atoms with E-state index in [0.717, 1.165) is 37.3 Å². The Bertz CT molecular complexity index is 1770. The second-order valence-corrected chi connectivity index (χ2v) is 11.0. The summed E-state index contributed by atoms with van der Waals surface area (Å²) in [6.07, 6.45) is 6.75. The lowest BCUT2D eigenvalue weighted by Gasteiger charge is -2.32. The quantitative estimate of drug-likeness (QED) is 0.230. The van der Waals surface area contributed by atoms with E-state index >= 15 is 4.39 Å². The summed E-state index contributed by atoms with van der Waals surface area (Å²) in [6.45, 7) is 6.23. The topological polar surface area (TPSA) is 129 Å². The van der Waals surface area contributed by atoms with Gasteiger partial charge in [0, 0.05) is 62.0 Å². The Labute approximate surface area is 260 Å². The van der Waals surface area contributed by atoms with Crippen LogP contribution in [0.15, 0.2) is 67.6 Å². The van der Waals surface area contributed by atoms with Gasteiger partial charge in [-0.15, -0.1) is 0 Å². The van der Waals surface area contributed by atoms with Crippen molar-refractivity contribution in [1.82, 2.24) is 19.9 Å². The maximum absolute atomic E-state index is 15.4. The average molecular weight is 609 g/mol. The molecule has 2 aliphatic heterocycles. The van der Waals surface area contributed by atoms with Gasteiger partial charge in [0.05, 0.1) is 36.0 Å². The number of hydrogen-bond acceptors (Lipinski definition) is 10. The van der Waals surface area contributed by atoms with E-state index in [1.54, 1.807) is 42.5 Å². The van der Waals surface area contributed by atoms with Gasteiger partial charge in [-0.2, -0.15) is 5.26 Å². The Kier molecular flexibility index (Phi) is 8.59. The van der Waals surface area contributed by atoms with Crippen molar-refractivity contribution in [3.8, 4) is 23.3 Å². The summed E-state index contributed by atoms with van der Waals surface area (Å²) < 4.78 is 27.0. The van der Waals surface area contributed by atoms with Crippen LogP contribution in [0.3, 0.4) is 0 Å². The summed E-state index contributed by atoms with van der Waals surface area (Å²) in [5, 5.41) is 16.5. The molecule has 1 amide bonds. The molecule has 2 aromatic carbocycles. The number of likely N-dealkylation sites (tertiary alicyclic amines) is 1. The first kappa shape index (κ1) is 29.6. The van der Waals surface area contributed by atoms with Crippen molar-refractivity contribution in [3.63, 3.8) is 0 Å². The molecule has 45 heavy (non-hydrogen) atoms. The van der Waals surface area contributed by atoms with Crippen LogP contribution in [-0.2, 0) is 4.79 Å². The van der Waals surface area contributed by atoms with Gasteiger partial charge in [-0.05, 0) is 49.6 Å². The van der Waals surface area contributed by atoms with Crippen LogP contribution in [-0.4, -0.2) is 65.1 Å². The molecule has 4 aromatic rings. The number of methoxy groups -OCH3 is 1. The van der Waals surface area contributed by atoms with Gasteiger partial charge < -0.3 is 29.9 Å². The second-order valence-electron chi connectivity index (χ2n) is 11.0. The molecule has 2 aliphatic rings. The predicted molar refractivity (Wildman–Crippen MR) is 169 cm³/mol. The number of anilines is 4. The third-order valence-corrected chi connectivity index (χ3v) is 8.14. The van der Waals surface area contributed by atoms with Crippen molar-refractivity contribution in [2.24, 2.45) is 5.92 Å². The molecule has 2 fully saturated rings. The molecule has 2 N–H and O–H groups in total. The highest BCUT2D eigenvalue weighted by atomic mass is 19.1. The Balaban J connectivity index is 1.18. The number of carbonyl (C=O) groups excluding carboxylic acids is 1. The monoisotopic (exact) mass is 608 g/mol. The maximum atomic E-state index is 15.4. The number of piperidine rings is 1. The zero-order valence-electron chi connectivity index (χ0n) is 24.9. The highest BCUT2D eigenvalue weighted by Crippen LogP contribution is 2.35. The molecular weight excluding hydrogens is 575 g/mol. The normalized spacial score (nSPS) is 16.7. The summed E-state index contributed by atoms with van der Waals surface area (Å²) in [6, 6.07) is 14.2. The van der Waals surface area contributed by atoms with E-state index in [1.807, 2.05) is 17.0 Å². The highest BCUT2D eigenvalue weighted by molar-refractivity contribution is 5.95. The summed E-state index contributed by atoms with van der Waals surface area (Å²) >= 11 is 0. The minimum atomic E-state index is -0.516. The van der Waals surface area contributed by atoms with Crippen molar-refractivity contribution in [1.29, 1.82) is 5.26 Å². The molecule has 0 unspecified atom stereocenters. The molecule has 2 saturated heterocycles. The third-order valence-electron chi connectivity index (χ3n) is 8.14. The van der Waals surface area contributed by atoms with Crippen LogP contribution < -0.4 is 25.0 Å². The molecule has 4 heterocycles. The van der Waals surface area contributed by atoms with Crippen molar-refractivity contribution in [2.75, 3.05) is 48.8 Å². The van der Waals surface area contributed by atoms with Crippen molar-refractivity contribution in [2.45, 2.75) is 25.3 Å². The molecule has 0 spiro atoms. The molecule has 0 aliphatic carbocycles. The Morgan fingerprint density at radius 3 is 2.62 bits per heavy atom. The first-order valence-corrected chi connectivity index (χ1v) is 14.8. The van der Waals surface area contributed by atoms with Crippen LogP contribution in [0.25, 0.3) is 10.9 Å². The Hall–Kier alpha value is -5.44. The number of ether oxygens (including phenoxy) is 2. The number of amides is 1. The molecule has 0 radical (unpaired) electrons. The number of aromatic nitrogens is 3. The van der Waals surface area contributed by atoms with E-state index in [-0.39, 0.29) is 23.6 Å². The Morgan fingerprint density at radius 1 is 1.07 bits per heavy atom. The lowest BCUT2D eigenvalue weighted by molar-refractivity contribution is -0.126. The summed E-state index contributed by atoms with van der Waals surface area (Å²) in [5.74, 6) is 2.04. The maximum Gasteiger partial charge on any atom is 0.245 e. The average Bonchev–Trinajstić information content (AvgIpc) is 3.56. The van der Waals surface area contributed by atoms with E-state index in [2.05, 4.69) is 38.2 Å². The van der Waals surface area contributed by atoms with Gasteiger partial charge in [0.1, 0.15) is 41.0 Å². The number of rotatable bonds is 9. The zero-order chi connectivity index (χ0) is 31.3. The minimum absolute atomic E-state index is 0.0127. The number of carbonyl (C=O) groups is 1. The smallest absolute Gasteiger partial charge is 0.245 e. The van der Waals surface area contributed by atoms with Gasteiger partial charge in [0.2, 0.25) is 5.91 Å². The number of halogens is 1. The summed E-state index contributed by atoms with van der Waals surface area (Å²) in [7, 11) is 1.60. The molecule has 6 rings (SSSR count). The van der Waals surface area contributed by atoms with Gasteiger partial charge >= 0.3 is 0 Å². The van der Waals surface area contributed by atoms with Crippen LogP contribution in [0.2, 0.25) is 0 Å². The number of nitriles is 1. The number of nitrogens with one attached hydrogen (secondary N) is 2. The van der Waals surface area contributed by atoms with E-state index in [0.29, 0.717) is 53.6 Å². The van der Waals surface area contributed by atoms with E-state index in [4.69, 9.17) is 9.47 Å². The van der Waals surface area contributed by atoms with E-state index in [1.165, 1.54) is 18.5 Å². The molecular formula is C33H33FN8O3. The SMILES string of the molecule is C=CC(=O)N1CCC(Nc2cc3c(Nc4ccc(Oc5ccnc(N6CC[C@@H](C#N)C6)c5)cc4F)ncnc3cc2OC)CC1. The number of pyridine rings is 1.